The van der Waals surface area contributed by atoms with Crippen LogP contribution in [0.3, 0.4) is 0 Å². The van der Waals surface area contributed by atoms with Crippen LogP contribution in [0, 0.1) is 13.8 Å². The van der Waals surface area contributed by atoms with Crippen LogP contribution in [-0.4, -0.2) is 38.3 Å². The molecule has 0 saturated carbocycles. The molecule has 148 valence electrons. The number of nitrogens with zero attached hydrogens (tertiary/aromatic N) is 2. The van der Waals surface area contributed by atoms with Crippen molar-refractivity contribution in [3.63, 3.8) is 0 Å². The topological polar surface area (TPSA) is 122 Å². The fourth-order valence-electron chi connectivity index (χ4n) is 2.72. The van der Waals surface area contributed by atoms with Gasteiger partial charge in [0.25, 0.3) is 0 Å². The standard InChI is InChI=1S/C18H20N4O4S2/c1-12-9-10-15(27(3,23)24)11-16(12)28(25,26)22-17(14-7-5-4-6-8-14)18-19-13(2)20-21-18/h4-11,17,22H,1-3H3,(H,19,20,21). The monoisotopic (exact) mass is 420 g/mol. The second kappa shape index (κ2) is 7.46. The summed E-state index contributed by atoms with van der Waals surface area (Å²) in [5, 5.41) is 6.80. The lowest BCUT2D eigenvalue weighted by molar-refractivity contribution is 0.566. The Kier molecular flexibility index (Phi) is 5.37. The third-order valence-electron chi connectivity index (χ3n) is 4.16. The summed E-state index contributed by atoms with van der Waals surface area (Å²) in [5.74, 6) is 0.814. The lowest BCUT2D eigenvalue weighted by Gasteiger charge is -2.18. The molecule has 0 spiro atoms. The Morgan fingerprint density at radius 1 is 1.00 bits per heavy atom. The summed E-state index contributed by atoms with van der Waals surface area (Å²) in [4.78, 5) is 4.08. The van der Waals surface area contributed by atoms with Gasteiger partial charge in [-0.15, -0.1) is 0 Å². The molecule has 10 heteroatoms. The van der Waals surface area contributed by atoms with Gasteiger partial charge in [0, 0.05) is 6.26 Å². The van der Waals surface area contributed by atoms with Crippen LogP contribution < -0.4 is 4.72 Å². The highest BCUT2D eigenvalue weighted by atomic mass is 32.2. The number of H-pyrrole nitrogens is 1. The van der Waals surface area contributed by atoms with Gasteiger partial charge in [-0.2, -0.15) is 9.82 Å². The molecular formula is C18H20N4O4S2. The number of hydrogen-bond donors (Lipinski definition) is 2. The zero-order valence-electron chi connectivity index (χ0n) is 15.5. The molecule has 1 unspecified atom stereocenters. The number of sulfone groups is 1. The Bertz CT molecular complexity index is 1200. The van der Waals surface area contributed by atoms with Crippen LogP contribution in [0.15, 0.2) is 58.3 Å². The van der Waals surface area contributed by atoms with Crippen LogP contribution in [-0.2, 0) is 19.9 Å². The van der Waals surface area contributed by atoms with Gasteiger partial charge in [-0.25, -0.2) is 21.8 Å². The number of hydrogen-bond acceptors (Lipinski definition) is 6. The summed E-state index contributed by atoms with van der Waals surface area (Å²) in [7, 11) is -7.62. The molecule has 0 radical (unpaired) electrons. The van der Waals surface area contributed by atoms with Gasteiger partial charge >= 0.3 is 0 Å². The van der Waals surface area contributed by atoms with Crippen molar-refractivity contribution in [2.75, 3.05) is 6.26 Å². The van der Waals surface area contributed by atoms with Gasteiger partial charge in [-0.3, -0.25) is 5.10 Å². The van der Waals surface area contributed by atoms with E-state index in [4.69, 9.17) is 0 Å². The Labute approximate surface area is 164 Å². The molecule has 1 atom stereocenters. The maximum Gasteiger partial charge on any atom is 0.241 e. The van der Waals surface area contributed by atoms with Crippen LogP contribution in [0.5, 0.6) is 0 Å². The lowest BCUT2D eigenvalue weighted by atomic mass is 10.1. The molecule has 8 nitrogen and oxygen atoms in total. The minimum Gasteiger partial charge on any atom is -0.263 e. The molecule has 0 amide bonds. The highest BCUT2D eigenvalue weighted by molar-refractivity contribution is 7.91. The summed E-state index contributed by atoms with van der Waals surface area (Å²) in [5.41, 5.74) is 1.08. The molecular weight excluding hydrogens is 400 g/mol. The summed E-state index contributed by atoms with van der Waals surface area (Å²) < 4.78 is 52.6. The zero-order valence-corrected chi connectivity index (χ0v) is 17.2. The molecule has 2 aromatic carbocycles. The predicted octanol–water partition coefficient (Wildman–Crippen LogP) is 1.89. The van der Waals surface area contributed by atoms with E-state index in [0.717, 1.165) is 12.3 Å². The van der Waals surface area contributed by atoms with Gasteiger partial charge < -0.3 is 0 Å². The van der Waals surface area contributed by atoms with Gasteiger partial charge in [0.15, 0.2) is 15.7 Å². The molecule has 1 aromatic heterocycles. The molecule has 0 aliphatic heterocycles. The van der Waals surface area contributed by atoms with Crippen LogP contribution in [0.1, 0.15) is 28.8 Å². The maximum atomic E-state index is 13.1. The maximum absolute atomic E-state index is 13.1. The van der Waals surface area contributed by atoms with Crippen molar-refractivity contribution < 1.29 is 16.8 Å². The molecule has 3 rings (SSSR count). The Balaban J connectivity index is 2.08. The van der Waals surface area contributed by atoms with Crippen molar-refractivity contribution in [2.45, 2.75) is 29.7 Å². The van der Waals surface area contributed by atoms with Gasteiger partial charge in [-0.05, 0) is 37.1 Å². The first-order valence-electron chi connectivity index (χ1n) is 8.35. The van der Waals surface area contributed by atoms with E-state index in [1.807, 2.05) is 6.07 Å². The van der Waals surface area contributed by atoms with Gasteiger partial charge in [-0.1, -0.05) is 36.4 Å². The van der Waals surface area contributed by atoms with Gasteiger partial charge in [0.1, 0.15) is 11.9 Å². The SMILES string of the molecule is Cc1nc(C(NS(=O)(=O)c2cc(S(C)(=O)=O)ccc2C)c2ccccc2)n[nH]1. The van der Waals surface area contributed by atoms with Crippen LogP contribution in [0.2, 0.25) is 0 Å². The Hall–Kier alpha value is -2.56. The summed E-state index contributed by atoms with van der Waals surface area (Å²) in [6.45, 7) is 3.32. The minimum atomic E-state index is -4.07. The highest BCUT2D eigenvalue weighted by Gasteiger charge is 2.27. The van der Waals surface area contributed by atoms with Crippen molar-refractivity contribution in [1.29, 1.82) is 0 Å². The van der Waals surface area contributed by atoms with E-state index in [1.165, 1.54) is 12.1 Å². The van der Waals surface area contributed by atoms with E-state index >= 15 is 0 Å². The number of rotatable bonds is 6. The second-order valence-electron chi connectivity index (χ2n) is 6.44. The summed E-state index contributed by atoms with van der Waals surface area (Å²) in [6.07, 6.45) is 1.03. The van der Waals surface area contributed by atoms with E-state index in [0.29, 0.717) is 17.0 Å². The third kappa shape index (κ3) is 4.29. The number of nitrogens with one attached hydrogen (secondary N) is 2. The molecule has 2 N–H and O–H groups in total. The van der Waals surface area contributed by atoms with Crippen molar-refractivity contribution >= 4 is 19.9 Å². The largest absolute Gasteiger partial charge is 0.263 e. The number of sulfonamides is 1. The quantitative estimate of drug-likeness (QED) is 0.628. The summed E-state index contributed by atoms with van der Waals surface area (Å²) >= 11 is 0. The van der Waals surface area contributed by atoms with E-state index in [9.17, 15) is 16.8 Å². The molecule has 1 heterocycles. The first-order chi connectivity index (χ1) is 13.1. The van der Waals surface area contributed by atoms with E-state index in [1.54, 1.807) is 38.1 Å². The minimum absolute atomic E-state index is 0.0662. The van der Waals surface area contributed by atoms with Crippen LogP contribution in [0.4, 0.5) is 0 Å². The van der Waals surface area contributed by atoms with Crippen LogP contribution in [0.25, 0.3) is 0 Å². The second-order valence-corrected chi connectivity index (χ2v) is 10.1. The molecule has 28 heavy (non-hydrogen) atoms. The molecule has 0 saturated heterocycles. The Morgan fingerprint density at radius 3 is 2.25 bits per heavy atom. The average molecular weight is 421 g/mol. The number of aromatic nitrogens is 3. The fourth-order valence-corrected chi connectivity index (χ4v) is 4.90. The lowest BCUT2D eigenvalue weighted by Crippen LogP contribution is -2.31. The Morgan fingerprint density at radius 2 is 1.68 bits per heavy atom. The van der Waals surface area contributed by atoms with E-state index in [-0.39, 0.29) is 15.6 Å². The molecule has 0 bridgehead atoms. The normalized spacial score (nSPS) is 13.4. The molecule has 3 aromatic rings. The van der Waals surface area contributed by atoms with Crippen molar-refractivity contribution in [2.24, 2.45) is 0 Å². The van der Waals surface area contributed by atoms with Gasteiger partial charge in [0.05, 0.1) is 9.79 Å². The third-order valence-corrected chi connectivity index (χ3v) is 6.83. The number of benzene rings is 2. The van der Waals surface area contributed by atoms with E-state index < -0.39 is 25.9 Å². The fraction of sp³-hybridized carbons (Fsp3) is 0.222. The van der Waals surface area contributed by atoms with E-state index in [2.05, 4.69) is 19.9 Å². The smallest absolute Gasteiger partial charge is 0.241 e. The van der Waals surface area contributed by atoms with Crippen molar-refractivity contribution in [3.05, 3.63) is 71.3 Å². The molecule has 0 aliphatic carbocycles. The molecule has 0 aliphatic rings. The van der Waals surface area contributed by atoms with Crippen molar-refractivity contribution in [1.82, 2.24) is 19.9 Å². The summed E-state index contributed by atoms with van der Waals surface area (Å²) in [6, 6.07) is 12.1. The number of aromatic amines is 1. The molecule has 0 fully saturated rings. The van der Waals surface area contributed by atoms with Crippen molar-refractivity contribution in [3.8, 4) is 0 Å². The highest BCUT2D eigenvalue weighted by Crippen LogP contribution is 2.25. The predicted molar refractivity (Wildman–Crippen MR) is 104 cm³/mol. The average Bonchev–Trinajstić information content (AvgIpc) is 3.06. The zero-order chi connectivity index (χ0) is 20.5. The number of aryl methyl sites for hydroxylation is 2. The first-order valence-corrected chi connectivity index (χ1v) is 11.7. The van der Waals surface area contributed by atoms with Crippen LogP contribution >= 0.6 is 0 Å². The first kappa shape index (κ1) is 20.2. The van der Waals surface area contributed by atoms with Gasteiger partial charge in [0.2, 0.25) is 10.0 Å².